The zero-order valence-corrected chi connectivity index (χ0v) is 13.3. The highest BCUT2D eigenvalue weighted by molar-refractivity contribution is 7.99. The van der Waals surface area contributed by atoms with Crippen LogP contribution < -0.4 is 5.32 Å². The largest absolute Gasteiger partial charge is 0.310 e. The summed E-state index contributed by atoms with van der Waals surface area (Å²) >= 11 is 2.03. The zero-order valence-electron chi connectivity index (χ0n) is 12.4. The fourth-order valence-electron chi connectivity index (χ4n) is 2.76. The van der Waals surface area contributed by atoms with Crippen LogP contribution in [-0.4, -0.2) is 42.1 Å². The number of rotatable bonds is 6. The lowest BCUT2D eigenvalue weighted by atomic mass is 10.0. The molecule has 4 heteroatoms. The van der Waals surface area contributed by atoms with Crippen molar-refractivity contribution in [2.24, 2.45) is 0 Å². The molecule has 0 bridgehead atoms. The molecule has 1 heterocycles. The Labute approximate surface area is 126 Å². The van der Waals surface area contributed by atoms with E-state index in [1.807, 2.05) is 23.9 Å². The Bertz CT molecular complexity index is 413. The normalized spacial score (nSPS) is 21.9. The summed E-state index contributed by atoms with van der Waals surface area (Å²) in [5.41, 5.74) is 0.799. The predicted molar refractivity (Wildman–Crippen MR) is 85.8 cm³/mol. The van der Waals surface area contributed by atoms with Crippen LogP contribution in [-0.2, 0) is 0 Å². The Morgan fingerprint density at radius 2 is 2.25 bits per heavy atom. The number of hydrogen-bond donors (Lipinski definition) is 1. The van der Waals surface area contributed by atoms with E-state index in [1.165, 1.54) is 11.5 Å². The van der Waals surface area contributed by atoms with Gasteiger partial charge in [0.05, 0.1) is 0 Å². The van der Waals surface area contributed by atoms with Gasteiger partial charge in [-0.05, 0) is 26.0 Å². The second kappa shape index (κ2) is 8.01. The third-order valence-electron chi connectivity index (χ3n) is 3.94. The molecular weight excluding hydrogens is 271 g/mol. The van der Waals surface area contributed by atoms with E-state index in [4.69, 9.17) is 0 Å². The van der Waals surface area contributed by atoms with E-state index < -0.39 is 0 Å². The Hall–Kier alpha value is -0.580. The Morgan fingerprint density at radius 3 is 2.95 bits per heavy atom. The van der Waals surface area contributed by atoms with E-state index in [0.717, 1.165) is 31.6 Å². The van der Waals surface area contributed by atoms with Gasteiger partial charge in [-0.2, -0.15) is 11.8 Å². The summed E-state index contributed by atoms with van der Waals surface area (Å²) in [4.78, 5) is 2.53. The van der Waals surface area contributed by atoms with Gasteiger partial charge in [0.25, 0.3) is 0 Å². The van der Waals surface area contributed by atoms with Crippen LogP contribution in [0.15, 0.2) is 24.3 Å². The van der Waals surface area contributed by atoms with Crippen LogP contribution in [0.2, 0.25) is 0 Å². The van der Waals surface area contributed by atoms with Gasteiger partial charge in [0.15, 0.2) is 0 Å². The van der Waals surface area contributed by atoms with Crippen molar-refractivity contribution < 1.29 is 4.39 Å². The smallest absolute Gasteiger partial charge is 0.127 e. The summed E-state index contributed by atoms with van der Waals surface area (Å²) in [6.07, 6.45) is 0.962. The highest BCUT2D eigenvalue weighted by atomic mass is 32.2. The molecule has 1 saturated heterocycles. The molecule has 1 fully saturated rings. The number of nitrogens with zero attached hydrogens (tertiary/aromatic N) is 1. The van der Waals surface area contributed by atoms with Crippen molar-refractivity contribution in [1.82, 2.24) is 10.2 Å². The summed E-state index contributed by atoms with van der Waals surface area (Å²) < 4.78 is 13.9. The van der Waals surface area contributed by atoms with Crippen LogP contribution >= 0.6 is 11.8 Å². The second-order valence-electron chi connectivity index (χ2n) is 5.38. The van der Waals surface area contributed by atoms with E-state index in [1.54, 1.807) is 12.1 Å². The van der Waals surface area contributed by atoms with E-state index in [0.29, 0.717) is 6.04 Å². The van der Waals surface area contributed by atoms with Crippen molar-refractivity contribution in [2.45, 2.75) is 32.4 Å². The molecule has 20 heavy (non-hydrogen) atoms. The topological polar surface area (TPSA) is 15.3 Å². The van der Waals surface area contributed by atoms with E-state index >= 15 is 0 Å². The lowest BCUT2D eigenvalue weighted by Crippen LogP contribution is -2.42. The molecule has 1 aromatic rings. The minimum Gasteiger partial charge on any atom is -0.310 e. The van der Waals surface area contributed by atoms with Gasteiger partial charge in [-0.3, -0.25) is 4.90 Å². The minimum atomic E-state index is -0.0966. The first kappa shape index (κ1) is 15.8. The molecule has 1 aliphatic heterocycles. The second-order valence-corrected chi connectivity index (χ2v) is 6.53. The maximum absolute atomic E-state index is 13.9. The first-order valence-electron chi connectivity index (χ1n) is 7.52. The van der Waals surface area contributed by atoms with E-state index in [-0.39, 0.29) is 11.9 Å². The van der Waals surface area contributed by atoms with Crippen LogP contribution in [0, 0.1) is 5.82 Å². The highest BCUT2D eigenvalue weighted by Gasteiger charge is 2.21. The van der Waals surface area contributed by atoms with Gasteiger partial charge in [0, 0.05) is 42.2 Å². The Kier molecular flexibility index (Phi) is 6.33. The third kappa shape index (κ3) is 4.21. The molecule has 0 aromatic heterocycles. The van der Waals surface area contributed by atoms with Gasteiger partial charge in [-0.1, -0.05) is 25.1 Å². The molecule has 0 saturated carbocycles. The van der Waals surface area contributed by atoms with Crippen LogP contribution in [0.4, 0.5) is 4.39 Å². The fraction of sp³-hybridized carbons (Fsp3) is 0.625. The Balaban J connectivity index is 1.97. The van der Waals surface area contributed by atoms with Crippen molar-refractivity contribution in [3.63, 3.8) is 0 Å². The Morgan fingerprint density at radius 1 is 1.45 bits per heavy atom. The van der Waals surface area contributed by atoms with Crippen LogP contribution in [0.5, 0.6) is 0 Å². The first-order chi connectivity index (χ1) is 9.72. The standard InChI is InChI=1S/C16H25FN2S/c1-3-18-16(14-6-4-5-7-15(14)17)8-9-19-10-11-20-12-13(19)2/h4-7,13,16,18H,3,8-12H2,1-2H3. The first-order valence-corrected chi connectivity index (χ1v) is 8.67. The third-order valence-corrected chi connectivity index (χ3v) is 5.13. The van der Waals surface area contributed by atoms with Gasteiger partial charge in [-0.25, -0.2) is 4.39 Å². The fourth-order valence-corrected chi connectivity index (χ4v) is 3.84. The number of halogens is 1. The lowest BCUT2D eigenvalue weighted by Gasteiger charge is -2.34. The van der Waals surface area contributed by atoms with Crippen LogP contribution in [0.1, 0.15) is 31.9 Å². The molecule has 112 valence electrons. The maximum Gasteiger partial charge on any atom is 0.127 e. The van der Waals surface area contributed by atoms with Crippen LogP contribution in [0.3, 0.4) is 0 Å². The number of hydrogen-bond acceptors (Lipinski definition) is 3. The SMILES string of the molecule is CCNC(CCN1CCSCC1C)c1ccccc1F. The summed E-state index contributed by atoms with van der Waals surface area (Å²) in [7, 11) is 0. The molecule has 0 aliphatic carbocycles. The van der Waals surface area contributed by atoms with Gasteiger partial charge < -0.3 is 5.32 Å². The van der Waals surface area contributed by atoms with Gasteiger partial charge in [-0.15, -0.1) is 0 Å². The van der Waals surface area contributed by atoms with Crippen LogP contribution in [0.25, 0.3) is 0 Å². The van der Waals surface area contributed by atoms with Crippen molar-refractivity contribution in [3.8, 4) is 0 Å². The van der Waals surface area contributed by atoms with Crippen molar-refractivity contribution in [1.29, 1.82) is 0 Å². The summed E-state index contributed by atoms with van der Waals surface area (Å²) in [6.45, 7) is 7.42. The monoisotopic (exact) mass is 296 g/mol. The summed E-state index contributed by atoms with van der Waals surface area (Å²) in [5, 5.41) is 3.42. The van der Waals surface area contributed by atoms with Gasteiger partial charge in [0.2, 0.25) is 0 Å². The predicted octanol–water partition coefficient (Wildman–Crippen LogP) is 3.30. The molecule has 0 spiro atoms. The molecule has 1 aliphatic rings. The number of benzene rings is 1. The average Bonchev–Trinajstić information content (AvgIpc) is 2.46. The zero-order chi connectivity index (χ0) is 14.4. The van der Waals surface area contributed by atoms with Crippen molar-refractivity contribution >= 4 is 11.8 Å². The van der Waals surface area contributed by atoms with Crippen molar-refractivity contribution in [2.75, 3.05) is 31.1 Å². The number of nitrogens with one attached hydrogen (secondary N) is 1. The molecule has 2 nitrogen and oxygen atoms in total. The van der Waals surface area contributed by atoms with Crippen molar-refractivity contribution in [3.05, 3.63) is 35.6 Å². The molecule has 0 amide bonds. The van der Waals surface area contributed by atoms with Gasteiger partial charge >= 0.3 is 0 Å². The number of thioether (sulfide) groups is 1. The summed E-state index contributed by atoms with van der Waals surface area (Å²) in [5.74, 6) is 2.34. The summed E-state index contributed by atoms with van der Waals surface area (Å²) in [6, 6.07) is 7.88. The molecule has 2 rings (SSSR count). The van der Waals surface area contributed by atoms with E-state index in [9.17, 15) is 4.39 Å². The van der Waals surface area contributed by atoms with E-state index in [2.05, 4.69) is 24.1 Å². The molecule has 1 N–H and O–H groups in total. The lowest BCUT2D eigenvalue weighted by molar-refractivity contribution is 0.219. The molecular formula is C16H25FN2S. The minimum absolute atomic E-state index is 0.0966. The molecule has 2 unspecified atom stereocenters. The molecule has 1 aromatic carbocycles. The van der Waals surface area contributed by atoms with Gasteiger partial charge in [0.1, 0.15) is 5.82 Å². The maximum atomic E-state index is 13.9. The highest BCUT2D eigenvalue weighted by Crippen LogP contribution is 2.22. The molecule has 0 radical (unpaired) electrons. The molecule has 2 atom stereocenters. The average molecular weight is 296 g/mol. The quantitative estimate of drug-likeness (QED) is 0.867.